The average molecular weight is 670 g/mol. The van der Waals surface area contributed by atoms with Gasteiger partial charge in [-0.3, -0.25) is 0 Å². The Bertz CT molecular complexity index is 2770. The van der Waals surface area contributed by atoms with Gasteiger partial charge in [0.1, 0.15) is 0 Å². The summed E-state index contributed by atoms with van der Waals surface area (Å²) >= 11 is 1.88. The highest BCUT2D eigenvalue weighted by Gasteiger charge is 2.36. The van der Waals surface area contributed by atoms with E-state index in [1.807, 2.05) is 11.3 Å². The van der Waals surface area contributed by atoms with Crippen LogP contribution in [0.5, 0.6) is 0 Å². The van der Waals surface area contributed by atoms with Crippen LogP contribution in [0.2, 0.25) is 0 Å². The molecule has 0 N–H and O–H groups in total. The standard InChI is InChI=1S/C49H35NS/c1-49(2)45-30-36(32-11-4-3-5-12-32)22-27-41(45)42-28-26-39(31-46(42)49)50(38-25-19-33-13-6-7-14-35(33)29-38)37-23-20-34(21-24-37)40-16-10-17-44-43-15-8-9-18-47(43)51-48(40)44/h3-31H,1-2H3. The Morgan fingerprint density at radius 2 is 1.04 bits per heavy atom. The van der Waals surface area contributed by atoms with Gasteiger partial charge in [-0.15, -0.1) is 11.3 Å². The summed E-state index contributed by atoms with van der Waals surface area (Å²) in [7, 11) is 0. The second-order valence-corrected chi connectivity index (χ2v) is 15.2. The molecule has 1 nitrogen and oxygen atoms in total. The lowest BCUT2D eigenvalue weighted by molar-refractivity contribution is 0.660. The van der Waals surface area contributed by atoms with Gasteiger partial charge in [-0.1, -0.05) is 141 Å². The summed E-state index contributed by atoms with van der Waals surface area (Å²) in [4.78, 5) is 2.42. The van der Waals surface area contributed by atoms with Crippen molar-refractivity contribution in [3.8, 4) is 33.4 Å². The highest BCUT2D eigenvalue weighted by atomic mass is 32.1. The van der Waals surface area contributed by atoms with E-state index in [2.05, 4.69) is 195 Å². The summed E-state index contributed by atoms with van der Waals surface area (Å²) in [6.07, 6.45) is 0. The first-order chi connectivity index (χ1) is 25.0. The van der Waals surface area contributed by atoms with Crippen molar-refractivity contribution >= 4 is 59.3 Å². The number of nitrogens with zero attached hydrogens (tertiary/aromatic N) is 1. The SMILES string of the molecule is CC1(C)c2cc(-c3ccccc3)ccc2-c2ccc(N(c3ccc(-c4cccc5c4sc4ccccc45)cc3)c3ccc4ccccc4c3)cc21. The summed E-state index contributed by atoms with van der Waals surface area (Å²) in [5.74, 6) is 0. The molecule has 0 spiro atoms. The van der Waals surface area contributed by atoms with Crippen LogP contribution in [0.15, 0.2) is 176 Å². The molecule has 51 heavy (non-hydrogen) atoms. The molecule has 0 bridgehead atoms. The van der Waals surface area contributed by atoms with Crippen LogP contribution >= 0.6 is 11.3 Å². The van der Waals surface area contributed by atoms with Gasteiger partial charge in [0.15, 0.2) is 0 Å². The Morgan fingerprint density at radius 3 is 1.88 bits per heavy atom. The maximum atomic E-state index is 2.43. The minimum Gasteiger partial charge on any atom is -0.310 e. The number of hydrogen-bond acceptors (Lipinski definition) is 2. The van der Waals surface area contributed by atoms with Gasteiger partial charge >= 0.3 is 0 Å². The topological polar surface area (TPSA) is 3.24 Å². The van der Waals surface area contributed by atoms with Gasteiger partial charge < -0.3 is 4.90 Å². The van der Waals surface area contributed by atoms with E-state index in [1.54, 1.807) is 0 Å². The third-order valence-electron chi connectivity index (χ3n) is 10.9. The Morgan fingerprint density at radius 1 is 0.412 bits per heavy atom. The molecule has 9 aromatic rings. The molecule has 1 aromatic heterocycles. The second kappa shape index (κ2) is 11.6. The third-order valence-corrected chi connectivity index (χ3v) is 12.1. The van der Waals surface area contributed by atoms with E-state index >= 15 is 0 Å². The lowest BCUT2D eigenvalue weighted by atomic mass is 9.81. The van der Waals surface area contributed by atoms with E-state index in [9.17, 15) is 0 Å². The van der Waals surface area contributed by atoms with E-state index in [0.29, 0.717) is 0 Å². The molecule has 10 rings (SSSR count). The third kappa shape index (κ3) is 4.82. The Kier molecular flexibility index (Phi) is 6.78. The highest BCUT2D eigenvalue weighted by molar-refractivity contribution is 7.26. The van der Waals surface area contributed by atoms with Crippen LogP contribution in [0.1, 0.15) is 25.0 Å². The van der Waals surface area contributed by atoms with Crippen LogP contribution in [0.25, 0.3) is 64.3 Å². The fraction of sp³-hybridized carbons (Fsp3) is 0.0612. The van der Waals surface area contributed by atoms with Gasteiger partial charge in [0.25, 0.3) is 0 Å². The number of rotatable bonds is 5. The molecule has 0 saturated carbocycles. The van der Waals surface area contributed by atoms with Gasteiger partial charge in [0.2, 0.25) is 0 Å². The van der Waals surface area contributed by atoms with Crippen LogP contribution in [0.3, 0.4) is 0 Å². The van der Waals surface area contributed by atoms with Crippen molar-refractivity contribution in [2.75, 3.05) is 4.90 Å². The quantitative estimate of drug-likeness (QED) is 0.176. The van der Waals surface area contributed by atoms with Crippen molar-refractivity contribution in [1.82, 2.24) is 0 Å². The Hall–Kier alpha value is -5.96. The summed E-state index contributed by atoms with van der Waals surface area (Å²) in [6, 6.07) is 64.8. The van der Waals surface area contributed by atoms with Gasteiger partial charge in [-0.25, -0.2) is 0 Å². The zero-order valence-electron chi connectivity index (χ0n) is 28.6. The smallest absolute Gasteiger partial charge is 0.0468 e. The first kappa shape index (κ1) is 29.9. The van der Waals surface area contributed by atoms with Crippen molar-refractivity contribution in [3.05, 3.63) is 187 Å². The van der Waals surface area contributed by atoms with Gasteiger partial charge in [0.05, 0.1) is 0 Å². The molecule has 2 heteroatoms. The fourth-order valence-electron chi connectivity index (χ4n) is 8.20. The fourth-order valence-corrected chi connectivity index (χ4v) is 9.44. The van der Waals surface area contributed by atoms with Crippen LogP contribution < -0.4 is 4.90 Å². The Balaban J connectivity index is 1.09. The predicted molar refractivity (Wildman–Crippen MR) is 220 cm³/mol. The van der Waals surface area contributed by atoms with E-state index in [0.717, 1.165) is 17.1 Å². The van der Waals surface area contributed by atoms with Gasteiger partial charge in [-0.2, -0.15) is 0 Å². The van der Waals surface area contributed by atoms with E-state index in [4.69, 9.17) is 0 Å². The summed E-state index contributed by atoms with van der Waals surface area (Å²) < 4.78 is 2.67. The number of benzene rings is 8. The molecule has 0 saturated heterocycles. The molecule has 1 heterocycles. The summed E-state index contributed by atoms with van der Waals surface area (Å²) in [5, 5.41) is 5.13. The van der Waals surface area contributed by atoms with E-state index in [-0.39, 0.29) is 5.41 Å². The second-order valence-electron chi connectivity index (χ2n) is 14.2. The molecule has 1 aliphatic rings. The van der Waals surface area contributed by atoms with Crippen molar-refractivity contribution in [3.63, 3.8) is 0 Å². The molecule has 0 fully saturated rings. The molecule has 0 aliphatic heterocycles. The molecule has 8 aromatic carbocycles. The van der Waals surface area contributed by atoms with Crippen molar-refractivity contribution in [2.45, 2.75) is 19.3 Å². The predicted octanol–water partition coefficient (Wildman–Crippen LogP) is 14.3. The molecule has 0 unspecified atom stereocenters. The maximum Gasteiger partial charge on any atom is 0.0468 e. The zero-order valence-corrected chi connectivity index (χ0v) is 29.4. The monoisotopic (exact) mass is 669 g/mol. The summed E-state index contributed by atoms with van der Waals surface area (Å²) in [5.41, 5.74) is 13.7. The molecule has 0 amide bonds. The van der Waals surface area contributed by atoms with Crippen LogP contribution in [0.4, 0.5) is 17.1 Å². The molecule has 0 radical (unpaired) electrons. The number of hydrogen-bond donors (Lipinski definition) is 0. The van der Waals surface area contributed by atoms with Crippen LogP contribution in [-0.2, 0) is 5.41 Å². The lowest BCUT2D eigenvalue weighted by Gasteiger charge is -2.28. The highest BCUT2D eigenvalue weighted by Crippen LogP contribution is 2.52. The Labute approximate surface area is 302 Å². The maximum absolute atomic E-state index is 2.43. The summed E-state index contributed by atoms with van der Waals surface area (Å²) in [6.45, 7) is 4.75. The first-order valence-corrected chi connectivity index (χ1v) is 18.5. The van der Waals surface area contributed by atoms with Crippen LogP contribution in [-0.4, -0.2) is 0 Å². The number of anilines is 3. The van der Waals surface area contributed by atoms with Gasteiger partial charge in [0, 0.05) is 42.6 Å². The molecule has 242 valence electrons. The molecular weight excluding hydrogens is 635 g/mol. The zero-order chi connectivity index (χ0) is 34.1. The first-order valence-electron chi connectivity index (χ1n) is 17.7. The molecular formula is C49H35NS. The molecule has 0 atom stereocenters. The normalized spacial score (nSPS) is 13.1. The minimum atomic E-state index is -0.146. The minimum absolute atomic E-state index is 0.146. The van der Waals surface area contributed by atoms with Gasteiger partial charge in [-0.05, 0) is 104 Å². The van der Waals surface area contributed by atoms with Crippen molar-refractivity contribution < 1.29 is 0 Å². The largest absolute Gasteiger partial charge is 0.310 e. The lowest BCUT2D eigenvalue weighted by Crippen LogP contribution is -2.16. The van der Waals surface area contributed by atoms with E-state index in [1.165, 1.54) is 75.5 Å². The van der Waals surface area contributed by atoms with E-state index < -0.39 is 0 Å². The molecule has 1 aliphatic carbocycles. The van der Waals surface area contributed by atoms with Crippen molar-refractivity contribution in [2.24, 2.45) is 0 Å². The van der Waals surface area contributed by atoms with Crippen molar-refractivity contribution in [1.29, 1.82) is 0 Å². The van der Waals surface area contributed by atoms with Crippen LogP contribution in [0, 0.1) is 0 Å². The number of fused-ring (bicyclic) bond motifs is 7. The number of thiophene rings is 1. The average Bonchev–Trinajstić information content (AvgIpc) is 3.67.